The number of morpholine rings is 1. The molecule has 2 unspecified atom stereocenters. The second kappa shape index (κ2) is 8.66. The molecule has 13 heteroatoms. The highest BCUT2D eigenvalue weighted by molar-refractivity contribution is 7.88. The van der Waals surface area contributed by atoms with Crippen LogP contribution in [0.3, 0.4) is 0 Å². The van der Waals surface area contributed by atoms with Gasteiger partial charge in [-0.25, -0.2) is 28.4 Å². The Morgan fingerprint density at radius 1 is 1.06 bits per heavy atom. The van der Waals surface area contributed by atoms with Gasteiger partial charge in [0.25, 0.3) is 0 Å². The van der Waals surface area contributed by atoms with Crippen molar-refractivity contribution < 1.29 is 13.2 Å². The van der Waals surface area contributed by atoms with Crippen LogP contribution in [0.25, 0.3) is 16.9 Å². The van der Waals surface area contributed by atoms with Crippen LogP contribution in [0.15, 0.2) is 24.8 Å². The molecule has 0 aromatic carbocycles. The van der Waals surface area contributed by atoms with E-state index in [1.165, 1.54) is 6.26 Å². The quantitative estimate of drug-likeness (QED) is 0.519. The van der Waals surface area contributed by atoms with E-state index in [1.807, 2.05) is 16.8 Å². The molecule has 3 fully saturated rings. The van der Waals surface area contributed by atoms with E-state index >= 15 is 0 Å². The topological polar surface area (TPSA) is 135 Å². The lowest BCUT2D eigenvalue weighted by Crippen LogP contribution is -2.55. The van der Waals surface area contributed by atoms with Gasteiger partial charge in [0.1, 0.15) is 0 Å². The van der Waals surface area contributed by atoms with Crippen LogP contribution in [0, 0.1) is 0 Å². The minimum atomic E-state index is -3.19. The minimum Gasteiger partial charge on any atom is -0.378 e. The first-order valence-corrected chi connectivity index (χ1v) is 13.7. The number of nitrogen functional groups attached to an aromatic ring is 1. The van der Waals surface area contributed by atoms with Gasteiger partial charge in [-0.1, -0.05) is 0 Å². The average molecular weight is 500 g/mol. The molecule has 35 heavy (non-hydrogen) atoms. The number of fused-ring (bicyclic) bond motifs is 3. The summed E-state index contributed by atoms with van der Waals surface area (Å²) in [6.45, 7) is 4.87. The molecule has 3 aromatic heterocycles. The summed E-state index contributed by atoms with van der Waals surface area (Å²) < 4.78 is 33.8. The number of aromatic nitrogens is 5. The zero-order valence-corrected chi connectivity index (χ0v) is 20.4. The van der Waals surface area contributed by atoms with Crippen molar-refractivity contribution in [2.75, 3.05) is 56.3 Å². The van der Waals surface area contributed by atoms with Crippen molar-refractivity contribution in [1.29, 1.82) is 0 Å². The molecule has 6 heterocycles. The fourth-order valence-corrected chi connectivity index (χ4v) is 6.98. The van der Waals surface area contributed by atoms with Crippen LogP contribution in [0.5, 0.6) is 0 Å². The normalized spacial score (nSPS) is 23.9. The molecule has 3 aromatic rings. The van der Waals surface area contributed by atoms with Gasteiger partial charge in [-0.3, -0.25) is 4.90 Å². The molecule has 186 valence electrons. The van der Waals surface area contributed by atoms with Crippen molar-refractivity contribution in [3.05, 3.63) is 30.5 Å². The molecule has 3 aliphatic rings. The van der Waals surface area contributed by atoms with Crippen LogP contribution in [-0.2, 0) is 21.3 Å². The number of sulfonamides is 1. The zero-order valence-electron chi connectivity index (χ0n) is 19.6. The van der Waals surface area contributed by atoms with Gasteiger partial charge in [0.2, 0.25) is 16.0 Å². The molecule has 2 bridgehead atoms. The smallest absolute Gasteiger partial charge is 0.219 e. The molecular weight excluding hydrogens is 470 g/mol. The summed E-state index contributed by atoms with van der Waals surface area (Å²) in [4.78, 5) is 22.7. The van der Waals surface area contributed by atoms with Gasteiger partial charge < -0.3 is 19.8 Å². The Hall–Kier alpha value is -2.87. The largest absolute Gasteiger partial charge is 0.378 e. The summed E-state index contributed by atoms with van der Waals surface area (Å²) >= 11 is 0. The Kier molecular flexibility index (Phi) is 5.59. The Labute approximate surface area is 203 Å². The third-order valence-electron chi connectivity index (χ3n) is 7.01. The molecule has 0 radical (unpaired) electrons. The summed E-state index contributed by atoms with van der Waals surface area (Å²) in [5.74, 6) is 1.02. The number of nitrogens with two attached hydrogens (primary N) is 1. The fourth-order valence-electron chi connectivity index (χ4n) is 5.56. The predicted molar refractivity (Wildman–Crippen MR) is 130 cm³/mol. The third-order valence-corrected chi connectivity index (χ3v) is 8.37. The molecule has 12 nitrogen and oxygen atoms in total. The van der Waals surface area contributed by atoms with Gasteiger partial charge in [0.15, 0.2) is 11.5 Å². The Morgan fingerprint density at radius 2 is 1.74 bits per heavy atom. The first-order valence-electron chi connectivity index (χ1n) is 11.9. The molecule has 2 N–H and O–H groups in total. The monoisotopic (exact) mass is 499 g/mol. The van der Waals surface area contributed by atoms with E-state index in [4.69, 9.17) is 20.4 Å². The number of rotatable bonds is 5. The van der Waals surface area contributed by atoms with Crippen LogP contribution in [0.2, 0.25) is 0 Å². The maximum atomic E-state index is 12.2. The number of ether oxygens (including phenoxy) is 1. The average Bonchev–Trinajstić information content (AvgIpc) is 3.37. The number of hydrogen-bond acceptors (Lipinski definition) is 10. The third kappa shape index (κ3) is 4.33. The van der Waals surface area contributed by atoms with Gasteiger partial charge in [0.05, 0.1) is 30.9 Å². The highest BCUT2D eigenvalue weighted by atomic mass is 32.2. The van der Waals surface area contributed by atoms with E-state index in [1.54, 1.807) is 16.7 Å². The van der Waals surface area contributed by atoms with Crippen LogP contribution in [0.4, 0.5) is 11.8 Å². The molecule has 0 saturated carbocycles. The second-order valence-corrected chi connectivity index (χ2v) is 11.4. The fraction of sp³-hybridized carbons (Fsp3) is 0.545. The van der Waals surface area contributed by atoms with E-state index in [0.29, 0.717) is 19.8 Å². The SMILES string of the molecule is CS(=O)(=O)N1C2CCC1CN(Cc1cn3cc(-c4cnc(N)nc4)nc(N4CCOCC4)c3n1)C2. The number of anilines is 2. The summed E-state index contributed by atoms with van der Waals surface area (Å²) in [5, 5.41) is 0. The molecule has 3 aliphatic heterocycles. The molecule has 0 amide bonds. The van der Waals surface area contributed by atoms with Crippen molar-refractivity contribution in [1.82, 2.24) is 33.5 Å². The maximum absolute atomic E-state index is 12.2. The molecule has 3 saturated heterocycles. The predicted octanol–water partition coefficient (Wildman–Crippen LogP) is 0.213. The first kappa shape index (κ1) is 22.6. The van der Waals surface area contributed by atoms with E-state index in [9.17, 15) is 8.42 Å². The summed E-state index contributed by atoms with van der Waals surface area (Å²) in [5.41, 5.74) is 8.91. The lowest BCUT2D eigenvalue weighted by atomic mass is 10.2. The van der Waals surface area contributed by atoms with Gasteiger partial charge in [-0.05, 0) is 12.8 Å². The Morgan fingerprint density at radius 3 is 2.40 bits per heavy atom. The van der Waals surface area contributed by atoms with Crippen molar-refractivity contribution in [3.8, 4) is 11.3 Å². The number of piperazine rings is 1. The number of hydrogen-bond donors (Lipinski definition) is 1. The lowest BCUT2D eigenvalue weighted by molar-refractivity contribution is 0.122. The number of nitrogens with zero attached hydrogens (tertiary/aromatic N) is 8. The van der Waals surface area contributed by atoms with E-state index in [-0.39, 0.29) is 18.0 Å². The molecule has 2 atom stereocenters. The summed E-state index contributed by atoms with van der Waals surface area (Å²) in [6, 6.07) is 0.0898. The van der Waals surface area contributed by atoms with Crippen molar-refractivity contribution in [3.63, 3.8) is 0 Å². The van der Waals surface area contributed by atoms with Gasteiger partial charge in [-0.2, -0.15) is 4.31 Å². The van der Waals surface area contributed by atoms with Crippen LogP contribution in [0.1, 0.15) is 18.5 Å². The second-order valence-electron chi connectivity index (χ2n) is 9.51. The van der Waals surface area contributed by atoms with Crippen LogP contribution < -0.4 is 10.6 Å². The van der Waals surface area contributed by atoms with Gasteiger partial charge in [-0.15, -0.1) is 0 Å². The van der Waals surface area contributed by atoms with Crippen molar-refractivity contribution >= 4 is 27.4 Å². The lowest BCUT2D eigenvalue weighted by Gasteiger charge is -2.39. The molecular formula is C22H29N9O3S. The summed E-state index contributed by atoms with van der Waals surface area (Å²) in [6.07, 6.45) is 10.5. The van der Waals surface area contributed by atoms with E-state index in [2.05, 4.69) is 19.8 Å². The van der Waals surface area contributed by atoms with E-state index < -0.39 is 10.0 Å². The molecule has 6 rings (SSSR count). The van der Waals surface area contributed by atoms with Gasteiger partial charge >= 0.3 is 0 Å². The first-order chi connectivity index (χ1) is 16.8. The van der Waals surface area contributed by atoms with Crippen LogP contribution in [-0.4, -0.2) is 99.7 Å². The van der Waals surface area contributed by atoms with Crippen LogP contribution >= 0.6 is 0 Å². The maximum Gasteiger partial charge on any atom is 0.219 e. The molecule has 0 spiro atoms. The van der Waals surface area contributed by atoms with E-state index in [0.717, 1.165) is 67.4 Å². The Bertz CT molecular complexity index is 1320. The van der Waals surface area contributed by atoms with Crippen molar-refractivity contribution in [2.24, 2.45) is 0 Å². The number of imidazole rings is 1. The molecule has 0 aliphatic carbocycles. The summed E-state index contributed by atoms with van der Waals surface area (Å²) in [7, 11) is -3.19. The Balaban J connectivity index is 1.32. The highest BCUT2D eigenvalue weighted by Crippen LogP contribution is 2.33. The van der Waals surface area contributed by atoms with Gasteiger partial charge in [0, 0.05) is 75.2 Å². The number of likely N-dealkylation sites (tertiary alicyclic amines) is 1. The minimum absolute atomic E-state index is 0.0449. The highest BCUT2D eigenvalue weighted by Gasteiger charge is 2.44. The zero-order chi connectivity index (χ0) is 24.2. The van der Waals surface area contributed by atoms with Crippen molar-refractivity contribution in [2.45, 2.75) is 31.5 Å². The standard InChI is InChI=1S/C22H29N9O3S/c1-35(32,33)31-17-2-3-18(31)13-28(12-17)10-16-11-30-14-19(15-8-24-22(23)25-9-15)27-21(20(30)26-16)29-4-6-34-7-5-29/h8-9,11,14,17-18H,2-7,10,12-13H2,1H3,(H2,23,24,25).